The zero-order valence-electron chi connectivity index (χ0n) is 21.7. The third-order valence-electron chi connectivity index (χ3n) is 5.81. The van der Waals surface area contributed by atoms with Crippen LogP contribution in [-0.4, -0.2) is 36.4 Å². The fraction of sp³-hybridized carbons (Fsp3) is 0.857. The van der Waals surface area contributed by atoms with Crippen LogP contribution in [0.4, 0.5) is 0 Å². The summed E-state index contributed by atoms with van der Waals surface area (Å²) in [5.41, 5.74) is 0. The Bertz CT molecular complexity index is 475. The largest absolute Gasteiger partial charge is 0.462 e. The fourth-order valence-corrected chi connectivity index (χ4v) is 3.66. The quantitative estimate of drug-likeness (QED) is 0.0905. The summed E-state index contributed by atoms with van der Waals surface area (Å²) in [5.74, 6) is -0.622. The third-order valence-corrected chi connectivity index (χ3v) is 5.81. The Morgan fingerprint density at radius 2 is 1.12 bits per heavy atom. The van der Waals surface area contributed by atoms with Gasteiger partial charge in [0.1, 0.15) is 6.61 Å². The van der Waals surface area contributed by atoms with Crippen molar-refractivity contribution in [2.45, 2.75) is 142 Å². The van der Waals surface area contributed by atoms with Crippen molar-refractivity contribution in [3.05, 3.63) is 12.2 Å². The maximum atomic E-state index is 11.9. The number of aliphatic hydroxyl groups excluding tert-OH is 1. The molecule has 0 heterocycles. The van der Waals surface area contributed by atoms with Gasteiger partial charge in [-0.1, -0.05) is 96.6 Å². The summed E-state index contributed by atoms with van der Waals surface area (Å²) in [7, 11) is 0. The maximum absolute atomic E-state index is 11.9. The minimum atomic E-state index is -0.762. The molecule has 0 radical (unpaired) electrons. The number of hydrogen-bond acceptors (Lipinski definition) is 5. The molecule has 1 N–H and O–H groups in total. The highest BCUT2D eigenvalue weighted by atomic mass is 16.6. The number of esters is 2. The molecule has 0 saturated carbocycles. The molecule has 0 aromatic carbocycles. The summed E-state index contributed by atoms with van der Waals surface area (Å²) in [6.07, 6.45) is 24.5. The van der Waals surface area contributed by atoms with Gasteiger partial charge in [0.25, 0.3) is 0 Å². The number of unbranched alkanes of at least 4 members (excludes halogenated alkanes) is 14. The lowest BCUT2D eigenvalue weighted by Gasteiger charge is -2.15. The normalized spacial score (nSPS) is 12.2. The number of rotatable bonds is 24. The van der Waals surface area contributed by atoms with Crippen molar-refractivity contribution < 1.29 is 24.2 Å². The van der Waals surface area contributed by atoms with Gasteiger partial charge in [-0.05, 0) is 38.5 Å². The highest BCUT2D eigenvalue weighted by molar-refractivity contribution is 5.70. The van der Waals surface area contributed by atoms with E-state index in [0.717, 1.165) is 51.4 Å². The van der Waals surface area contributed by atoms with Gasteiger partial charge in [-0.3, -0.25) is 9.59 Å². The van der Waals surface area contributed by atoms with Gasteiger partial charge < -0.3 is 14.6 Å². The number of carbonyl (C=O) groups is 2. The molecule has 0 amide bonds. The maximum Gasteiger partial charge on any atom is 0.306 e. The van der Waals surface area contributed by atoms with Crippen molar-refractivity contribution in [3.8, 4) is 0 Å². The molecule has 1 atom stereocenters. The summed E-state index contributed by atoms with van der Waals surface area (Å²) in [6, 6.07) is 0. The molecular weight excluding hydrogens is 416 g/mol. The lowest BCUT2D eigenvalue weighted by Crippen LogP contribution is -2.28. The predicted octanol–water partition coefficient (Wildman–Crippen LogP) is 7.44. The first-order valence-electron chi connectivity index (χ1n) is 13.7. The molecule has 0 aromatic rings. The topological polar surface area (TPSA) is 72.8 Å². The van der Waals surface area contributed by atoms with Gasteiger partial charge in [0.2, 0.25) is 0 Å². The van der Waals surface area contributed by atoms with Crippen LogP contribution < -0.4 is 0 Å². The molecular formula is C28H52O5. The molecule has 0 aliphatic rings. The Kier molecular flexibility index (Phi) is 24.2. The lowest BCUT2D eigenvalue weighted by molar-refractivity contribution is -0.161. The van der Waals surface area contributed by atoms with Crippen LogP contribution in [0.5, 0.6) is 0 Å². The van der Waals surface area contributed by atoms with E-state index in [0.29, 0.717) is 12.8 Å². The van der Waals surface area contributed by atoms with Gasteiger partial charge in [-0.25, -0.2) is 0 Å². The Hall–Kier alpha value is -1.36. The van der Waals surface area contributed by atoms with E-state index in [9.17, 15) is 14.7 Å². The number of ether oxygens (including phenoxy) is 2. The number of allylic oxidation sites excluding steroid dienone is 2. The predicted molar refractivity (Wildman–Crippen MR) is 136 cm³/mol. The SMILES string of the molecule is CCCCCCCC/C=C\CCCCCCCC(=O)OCC(CO)OC(=O)CCCCCC. The first-order chi connectivity index (χ1) is 16.1. The number of hydrogen-bond donors (Lipinski definition) is 1. The second-order valence-corrected chi connectivity index (χ2v) is 9.12. The Morgan fingerprint density at radius 1 is 0.667 bits per heavy atom. The fourth-order valence-electron chi connectivity index (χ4n) is 3.66. The molecule has 194 valence electrons. The van der Waals surface area contributed by atoms with Gasteiger partial charge in [-0.2, -0.15) is 0 Å². The minimum Gasteiger partial charge on any atom is -0.462 e. The van der Waals surface area contributed by atoms with E-state index in [1.807, 2.05) is 0 Å². The van der Waals surface area contributed by atoms with Crippen LogP contribution in [0.15, 0.2) is 12.2 Å². The van der Waals surface area contributed by atoms with Crippen molar-refractivity contribution >= 4 is 11.9 Å². The highest BCUT2D eigenvalue weighted by Crippen LogP contribution is 2.11. The Labute approximate surface area is 203 Å². The van der Waals surface area contributed by atoms with E-state index in [2.05, 4.69) is 26.0 Å². The van der Waals surface area contributed by atoms with E-state index >= 15 is 0 Å². The molecule has 0 rings (SSSR count). The van der Waals surface area contributed by atoms with Gasteiger partial charge in [0, 0.05) is 12.8 Å². The second kappa shape index (κ2) is 25.3. The van der Waals surface area contributed by atoms with Crippen LogP contribution in [0, 0.1) is 0 Å². The summed E-state index contributed by atoms with van der Waals surface area (Å²) >= 11 is 0. The molecule has 0 aliphatic heterocycles. The molecule has 0 bridgehead atoms. The van der Waals surface area contributed by atoms with E-state index in [1.54, 1.807) is 0 Å². The first kappa shape index (κ1) is 31.6. The van der Waals surface area contributed by atoms with Crippen LogP contribution in [-0.2, 0) is 19.1 Å². The summed E-state index contributed by atoms with van der Waals surface area (Å²) in [5, 5.41) is 9.34. The Balaban J connectivity index is 3.55. The van der Waals surface area contributed by atoms with Crippen molar-refractivity contribution in [2.24, 2.45) is 0 Å². The molecule has 33 heavy (non-hydrogen) atoms. The summed E-state index contributed by atoms with van der Waals surface area (Å²) in [4.78, 5) is 23.6. The molecule has 5 nitrogen and oxygen atoms in total. The second-order valence-electron chi connectivity index (χ2n) is 9.12. The summed E-state index contributed by atoms with van der Waals surface area (Å²) < 4.78 is 10.4. The average molecular weight is 469 g/mol. The molecule has 0 aromatic heterocycles. The Morgan fingerprint density at radius 3 is 1.67 bits per heavy atom. The molecule has 0 fully saturated rings. The highest BCUT2D eigenvalue weighted by Gasteiger charge is 2.15. The van der Waals surface area contributed by atoms with Gasteiger partial charge in [0.15, 0.2) is 6.10 Å². The molecule has 0 spiro atoms. The zero-order valence-corrected chi connectivity index (χ0v) is 21.7. The molecule has 1 unspecified atom stereocenters. The van der Waals surface area contributed by atoms with Crippen molar-refractivity contribution in [3.63, 3.8) is 0 Å². The van der Waals surface area contributed by atoms with E-state index in [1.165, 1.54) is 57.8 Å². The standard InChI is InChI=1S/C28H52O5/c1-3-5-7-9-10-11-12-13-14-15-16-17-18-19-21-22-27(30)32-25-26(24-29)33-28(31)23-20-8-6-4-2/h13-14,26,29H,3-12,15-25H2,1-2H3/b14-13-. The van der Waals surface area contributed by atoms with Gasteiger partial charge >= 0.3 is 11.9 Å². The minimum absolute atomic E-state index is 0.0683. The molecule has 5 heteroatoms. The number of aliphatic hydroxyl groups is 1. The van der Waals surface area contributed by atoms with Gasteiger partial charge in [-0.15, -0.1) is 0 Å². The van der Waals surface area contributed by atoms with Crippen LogP contribution in [0.3, 0.4) is 0 Å². The van der Waals surface area contributed by atoms with Crippen molar-refractivity contribution in [1.82, 2.24) is 0 Å². The van der Waals surface area contributed by atoms with Crippen LogP contribution in [0.1, 0.15) is 136 Å². The van der Waals surface area contributed by atoms with Gasteiger partial charge in [0.05, 0.1) is 6.61 Å². The smallest absolute Gasteiger partial charge is 0.306 e. The van der Waals surface area contributed by atoms with E-state index in [4.69, 9.17) is 9.47 Å². The van der Waals surface area contributed by atoms with Crippen molar-refractivity contribution in [2.75, 3.05) is 13.2 Å². The third kappa shape index (κ3) is 23.6. The lowest BCUT2D eigenvalue weighted by atomic mass is 10.1. The monoisotopic (exact) mass is 468 g/mol. The zero-order chi connectivity index (χ0) is 24.4. The van der Waals surface area contributed by atoms with E-state index in [-0.39, 0.29) is 25.2 Å². The van der Waals surface area contributed by atoms with Crippen LogP contribution >= 0.6 is 0 Å². The summed E-state index contributed by atoms with van der Waals surface area (Å²) in [6.45, 7) is 3.97. The first-order valence-corrected chi connectivity index (χ1v) is 13.7. The van der Waals surface area contributed by atoms with Crippen molar-refractivity contribution in [1.29, 1.82) is 0 Å². The molecule has 0 saturated heterocycles. The van der Waals surface area contributed by atoms with E-state index < -0.39 is 6.10 Å². The number of carbonyl (C=O) groups excluding carboxylic acids is 2. The average Bonchev–Trinajstić information content (AvgIpc) is 2.82. The molecule has 0 aliphatic carbocycles. The van der Waals surface area contributed by atoms with Crippen LogP contribution in [0.25, 0.3) is 0 Å². The van der Waals surface area contributed by atoms with Crippen LogP contribution in [0.2, 0.25) is 0 Å².